The zero-order valence-corrected chi connectivity index (χ0v) is 8.94. The Morgan fingerprint density at radius 3 is 2.69 bits per heavy atom. The van der Waals surface area contributed by atoms with Crippen molar-refractivity contribution in [1.82, 2.24) is 9.97 Å². The van der Waals surface area contributed by atoms with Crippen LogP contribution in [0.5, 0.6) is 0 Å². The van der Waals surface area contributed by atoms with Crippen molar-refractivity contribution in [2.45, 2.75) is 19.0 Å². The minimum absolute atomic E-state index is 0.0510. The van der Waals surface area contributed by atoms with Crippen molar-refractivity contribution < 1.29 is 13.2 Å². The molecular formula is C8H10ClF3N4. The number of halogens is 4. The molecule has 0 aliphatic heterocycles. The van der Waals surface area contributed by atoms with Crippen LogP contribution < -0.4 is 11.1 Å². The zero-order chi connectivity index (χ0) is 12.2. The Morgan fingerprint density at radius 2 is 2.06 bits per heavy atom. The topological polar surface area (TPSA) is 63.8 Å². The van der Waals surface area contributed by atoms with Gasteiger partial charge in [-0.3, -0.25) is 0 Å². The lowest BCUT2D eigenvalue weighted by Crippen LogP contribution is -2.12. The molecule has 0 aromatic carbocycles. The van der Waals surface area contributed by atoms with Crippen molar-refractivity contribution in [2.75, 3.05) is 17.6 Å². The Hall–Kier alpha value is -1.24. The van der Waals surface area contributed by atoms with Gasteiger partial charge in [0.25, 0.3) is 0 Å². The summed E-state index contributed by atoms with van der Waals surface area (Å²) in [6.07, 6.45) is -3.86. The number of aromatic nitrogens is 2. The van der Waals surface area contributed by atoms with E-state index in [1.54, 1.807) is 0 Å². The molecule has 0 fully saturated rings. The first-order valence-corrected chi connectivity index (χ1v) is 4.84. The van der Waals surface area contributed by atoms with E-state index in [9.17, 15) is 13.2 Å². The van der Waals surface area contributed by atoms with Crippen LogP contribution >= 0.6 is 11.6 Å². The molecule has 4 nitrogen and oxygen atoms in total. The van der Waals surface area contributed by atoms with E-state index in [-0.39, 0.29) is 29.6 Å². The van der Waals surface area contributed by atoms with E-state index in [4.69, 9.17) is 17.3 Å². The highest BCUT2D eigenvalue weighted by atomic mass is 35.5. The maximum atomic E-state index is 11.8. The summed E-state index contributed by atoms with van der Waals surface area (Å²) in [5, 5.41) is 2.74. The molecule has 0 amide bonds. The number of hydrogen-bond acceptors (Lipinski definition) is 4. The van der Waals surface area contributed by atoms with Crippen LogP contribution in [0.1, 0.15) is 12.8 Å². The van der Waals surface area contributed by atoms with E-state index in [2.05, 4.69) is 15.3 Å². The molecule has 3 N–H and O–H groups in total. The predicted molar refractivity (Wildman–Crippen MR) is 55.2 cm³/mol. The maximum absolute atomic E-state index is 11.8. The van der Waals surface area contributed by atoms with Gasteiger partial charge in [0.15, 0.2) is 11.0 Å². The smallest absolute Gasteiger partial charge is 0.389 e. The minimum atomic E-state index is -4.14. The predicted octanol–water partition coefficient (Wildman–Crippen LogP) is 2.47. The van der Waals surface area contributed by atoms with Gasteiger partial charge in [0.05, 0.1) is 0 Å². The van der Waals surface area contributed by atoms with Crippen molar-refractivity contribution in [3.05, 3.63) is 11.5 Å². The molecule has 0 aliphatic carbocycles. The van der Waals surface area contributed by atoms with Gasteiger partial charge in [0.2, 0.25) is 0 Å². The highest BCUT2D eigenvalue weighted by Gasteiger charge is 2.25. The summed E-state index contributed by atoms with van der Waals surface area (Å²) < 4.78 is 35.5. The summed E-state index contributed by atoms with van der Waals surface area (Å²) in [4.78, 5) is 7.38. The van der Waals surface area contributed by atoms with Gasteiger partial charge in [0, 0.05) is 13.0 Å². The molecule has 0 bridgehead atoms. The second kappa shape index (κ2) is 5.20. The first kappa shape index (κ1) is 12.8. The number of nitrogens with two attached hydrogens (primary N) is 1. The number of hydrogen-bond donors (Lipinski definition) is 2. The summed E-state index contributed by atoms with van der Waals surface area (Å²) in [6.45, 7) is 0.122. The third-order valence-corrected chi connectivity index (χ3v) is 2.07. The molecule has 1 rings (SSSR count). The molecule has 1 aromatic heterocycles. The summed E-state index contributed by atoms with van der Waals surface area (Å²) in [5.74, 6) is 0.252. The summed E-state index contributed by atoms with van der Waals surface area (Å²) in [6, 6.07) is 0. The van der Waals surface area contributed by atoms with E-state index in [1.165, 1.54) is 6.33 Å². The molecule has 8 heteroatoms. The molecule has 0 atom stereocenters. The van der Waals surface area contributed by atoms with E-state index in [1.807, 2.05) is 0 Å². The minimum Gasteiger partial charge on any atom is -0.393 e. The number of anilines is 2. The molecule has 0 aliphatic rings. The first-order chi connectivity index (χ1) is 7.40. The van der Waals surface area contributed by atoms with E-state index in [0.717, 1.165) is 0 Å². The lowest BCUT2D eigenvalue weighted by molar-refractivity contribution is -0.134. The molecule has 0 saturated heterocycles. The Kier molecular flexibility index (Phi) is 4.17. The largest absolute Gasteiger partial charge is 0.393 e. The number of nitrogen functional groups attached to an aromatic ring is 1. The number of nitrogens with zero attached hydrogens (tertiary/aromatic N) is 2. The van der Waals surface area contributed by atoms with Gasteiger partial charge in [-0.15, -0.1) is 0 Å². The van der Waals surface area contributed by atoms with Crippen LogP contribution in [0.25, 0.3) is 0 Å². The molecule has 0 unspecified atom stereocenters. The third-order valence-electron chi connectivity index (χ3n) is 1.76. The van der Waals surface area contributed by atoms with Gasteiger partial charge in [-0.05, 0) is 6.42 Å². The van der Waals surface area contributed by atoms with Crippen LogP contribution in [-0.4, -0.2) is 22.7 Å². The van der Waals surface area contributed by atoms with Crippen molar-refractivity contribution in [1.29, 1.82) is 0 Å². The van der Waals surface area contributed by atoms with Crippen LogP contribution in [0.4, 0.5) is 24.7 Å². The lowest BCUT2D eigenvalue weighted by Gasteiger charge is -2.09. The maximum Gasteiger partial charge on any atom is 0.389 e. The summed E-state index contributed by atoms with van der Waals surface area (Å²) in [7, 11) is 0. The molecule has 1 heterocycles. The quantitative estimate of drug-likeness (QED) is 0.640. The molecular weight excluding hydrogens is 245 g/mol. The standard InChI is InChI=1S/C8H10ClF3N4/c9-6-5(13)7(16-4-15-6)14-3-1-2-8(10,11)12/h4H,1-3,13H2,(H,14,15,16). The van der Waals surface area contributed by atoms with E-state index in [0.29, 0.717) is 0 Å². The molecule has 90 valence electrons. The van der Waals surface area contributed by atoms with Crippen molar-refractivity contribution in [3.63, 3.8) is 0 Å². The molecule has 1 aromatic rings. The SMILES string of the molecule is Nc1c(Cl)ncnc1NCCCC(F)(F)F. The van der Waals surface area contributed by atoms with Gasteiger partial charge >= 0.3 is 6.18 Å². The fraction of sp³-hybridized carbons (Fsp3) is 0.500. The molecule has 0 radical (unpaired) electrons. The highest BCUT2D eigenvalue weighted by Crippen LogP contribution is 2.23. The molecule has 16 heavy (non-hydrogen) atoms. The van der Waals surface area contributed by atoms with Crippen LogP contribution in [0.2, 0.25) is 5.15 Å². The second-order valence-electron chi connectivity index (χ2n) is 3.07. The van der Waals surface area contributed by atoms with Gasteiger partial charge in [-0.25, -0.2) is 9.97 Å². The van der Waals surface area contributed by atoms with Gasteiger partial charge in [0.1, 0.15) is 12.0 Å². The molecule has 0 spiro atoms. The number of rotatable bonds is 4. The zero-order valence-electron chi connectivity index (χ0n) is 8.18. The van der Waals surface area contributed by atoms with Crippen molar-refractivity contribution in [2.24, 2.45) is 0 Å². The second-order valence-corrected chi connectivity index (χ2v) is 3.43. The summed E-state index contributed by atoms with van der Waals surface area (Å²) >= 11 is 5.60. The Bertz CT molecular complexity index is 356. The number of alkyl halides is 3. The van der Waals surface area contributed by atoms with E-state index < -0.39 is 12.6 Å². The first-order valence-electron chi connectivity index (χ1n) is 4.47. The number of nitrogens with one attached hydrogen (secondary N) is 1. The summed E-state index contributed by atoms with van der Waals surface area (Å²) in [5.41, 5.74) is 5.64. The van der Waals surface area contributed by atoms with Crippen LogP contribution in [0.3, 0.4) is 0 Å². The Balaban J connectivity index is 2.41. The lowest BCUT2D eigenvalue weighted by atomic mass is 10.3. The van der Waals surface area contributed by atoms with Crippen LogP contribution in [0, 0.1) is 0 Å². The average Bonchev–Trinajstić information content (AvgIpc) is 2.17. The van der Waals surface area contributed by atoms with Gasteiger partial charge in [-0.2, -0.15) is 13.2 Å². The normalized spacial score (nSPS) is 11.5. The van der Waals surface area contributed by atoms with Gasteiger partial charge < -0.3 is 11.1 Å². The highest BCUT2D eigenvalue weighted by molar-refractivity contribution is 6.32. The van der Waals surface area contributed by atoms with Crippen molar-refractivity contribution in [3.8, 4) is 0 Å². The van der Waals surface area contributed by atoms with E-state index >= 15 is 0 Å². The van der Waals surface area contributed by atoms with Crippen LogP contribution in [0.15, 0.2) is 6.33 Å². The fourth-order valence-electron chi connectivity index (χ4n) is 1.01. The molecule has 0 saturated carbocycles. The Labute approximate surface area is 95.0 Å². The van der Waals surface area contributed by atoms with Crippen molar-refractivity contribution >= 4 is 23.1 Å². The third kappa shape index (κ3) is 4.09. The average molecular weight is 255 g/mol. The monoisotopic (exact) mass is 254 g/mol. The Morgan fingerprint density at radius 1 is 1.38 bits per heavy atom. The van der Waals surface area contributed by atoms with Gasteiger partial charge in [-0.1, -0.05) is 11.6 Å². The fourth-order valence-corrected chi connectivity index (χ4v) is 1.14. The van der Waals surface area contributed by atoms with Crippen LogP contribution in [-0.2, 0) is 0 Å².